The van der Waals surface area contributed by atoms with Gasteiger partial charge in [0, 0.05) is 40.8 Å². The molecule has 7 aromatic carbocycles. The predicted octanol–water partition coefficient (Wildman–Crippen LogP) is 17.2. The third-order valence-corrected chi connectivity index (χ3v) is 16.2. The molecule has 0 aliphatic rings. The van der Waals surface area contributed by atoms with Gasteiger partial charge < -0.3 is 9.55 Å². The Bertz CT molecular complexity index is 3450. The van der Waals surface area contributed by atoms with Gasteiger partial charge in [0.2, 0.25) is 0 Å². The second kappa shape index (κ2) is 18.7. The van der Waals surface area contributed by atoms with Gasteiger partial charge in [0.25, 0.3) is 0 Å². The summed E-state index contributed by atoms with van der Waals surface area (Å²) in [6, 6.07) is 49.8. The van der Waals surface area contributed by atoms with Crippen LogP contribution >= 0.6 is 11.3 Å². The molecule has 3 aromatic heterocycles. The second-order valence-electron chi connectivity index (χ2n) is 20.9. The fourth-order valence-corrected chi connectivity index (χ4v) is 11.5. The molecular weight excluding hydrogens is 1030 g/mol. The molecule has 67 heavy (non-hydrogen) atoms. The fourth-order valence-electron chi connectivity index (χ4n) is 9.26. The van der Waals surface area contributed by atoms with Gasteiger partial charge in [-0.05, 0) is 107 Å². The third-order valence-electron chi connectivity index (χ3n) is 13.0. The van der Waals surface area contributed by atoms with Gasteiger partial charge in [0.05, 0.1) is 24.9 Å². The molecule has 10 rings (SSSR count). The van der Waals surface area contributed by atoms with Crippen LogP contribution in [-0.4, -0.2) is 22.6 Å². The maximum atomic E-state index is 7.35. The van der Waals surface area contributed by atoms with Crippen molar-refractivity contribution in [2.24, 2.45) is 0 Å². The van der Waals surface area contributed by atoms with Crippen molar-refractivity contribution in [3.8, 4) is 28.3 Å². The molecule has 0 aliphatic carbocycles. The maximum Gasteiger partial charge on any atom is 0.0795 e. The molecule has 3 heterocycles. The Morgan fingerprint density at radius 2 is 1.40 bits per heavy atom. The molecule has 1 radical (unpaired) electrons. The predicted molar refractivity (Wildman–Crippen MR) is 290 cm³/mol. The summed E-state index contributed by atoms with van der Waals surface area (Å²) in [5.74, 6) is 2.11. The van der Waals surface area contributed by atoms with E-state index < -0.39 is 14.9 Å². The summed E-state index contributed by atoms with van der Waals surface area (Å²) in [4.78, 5) is 9.93. The molecule has 10 aromatic rings. The van der Waals surface area contributed by atoms with Crippen molar-refractivity contribution in [3.05, 3.63) is 167 Å². The number of hydrogen-bond acceptors (Lipinski definition) is 3. The summed E-state index contributed by atoms with van der Waals surface area (Å²) < 4.78 is 27.1. The van der Waals surface area contributed by atoms with Crippen molar-refractivity contribution in [1.82, 2.24) is 14.5 Å². The zero-order valence-electron chi connectivity index (χ0n) is 43.9. The first kappa shape index (κ1) is 44.3. The van der Waals surface area contributed by atoms with E-state index in [1.54, 1.807) is 12.1 Å². The molecule has 0 bridgehead atoms. The molecule has 0 amide bonds. The molecule has 0 unspecified atom stereocenters. The topological polar surface area (TPSA) is 30.7 Å². The van der Waals surface area contributed by atoms with Crippen molar-refractivity contribution in [3.63, 3.8) is 0 Å². The van der Waals surface area contributed by atoms with Crippen LogP contribution in [0.4, 0.5) is 0 Å². The summed E-state index contributed by atoms with van der Waals surface area (Å²) in [6.45, 7) is 25.6. The summed E-state index contributed by atoms with van der Waals surface area (Å²) in [7, 11) is -1.34. The monoisotopic (exact) mass is 1090 g/mol. The second-order valence-corrected chi connectivity index (χ2v) is 27.1. The van der Waals surface area contributed by atoms with Crippen molar-refractivity contribution >= 4 is 77.3 Å². The number of hydrogen-bond donors (Lipinski definition) is 0. The molecule has 0 aliphatic heterocycles. The zero-order valence-corrected chi connectivity index (χ0v) is 45.2. The number of para-hydroxylation sites is 2. The smallest absolute Gasteiger partial charge is 0.0795 e. The van der Waals surface area contributed by atoms with Gasteiger partial charge in [-0.25, -0.2) is 0 Å². The van der Waals surface area contributed by atoms with E-state index in [1.165, 1.54) is 80.9 Å². The first-order valence-electron chi connectivity index (χ1n) is 25.0. The van der Waals surface area contributed by atoms with Crippen LogP contribution in [0.2, 0.25) is 19.6 Å². The number of benzene rings is 7. The Labute approximate surface area is 421 Å². The van der Waals surface area contributed by atoms with Gasteiger partial charge in [-0.15, -0.1) is 53.1 Å². The molecule has 0 atom stereocenters. The van der Waals surface area contributed by atoms with E-state index in [0.717, 1.165) is 33.7 Å². The summed E-state index contributed by atoms with van der Waals surface area (Å²) in [5.41, 5.74) is 11.9. The molecule has 0 spiro atoms. The Morgan fingerprint density at radius 1 is 0.701 bits per heavy atom. The van der Waals surface area contributed by atoms with Gasteiger partial charge >= 0.3 is 0 Å². The number of rotatable bonds is 7. The normalized spacial score (nSPS) is 13.1. The van der Waals surface area contributed by atoms with Gasteiger partial charge in [-0.3, -0.25) is 4.98 Å². The molecule has 0 saturated heterocycles. The minimum absolute atomic E-state index is 0. The van der Waals surface area contributed by atoms with E-state index in [1.807, 2.05) is 23.6 Å². The van der Waals surface area contributed by atoms with E-state index in [2.05, 4.69) is 201 Å². The molecule has 0 saturated carbocycles. The van der Waals surface area contributed by atoms with Crippen LogP contribution in [0, 0.1) is 19.0 Å². The van der Waals surface area contributed by atoms with Gasteiger partial charge in [-0.1, -0.05) is 173 Å². The number of thiophene rings is 1. The van der Waals surface area contributed by atoms with Crippen molar-refractivity contribution in [1.29, 1.82) is 0 Å². The largest absolute Gasteiger partial charge is 0.333 e. The SMILES string of the molecule is CC(C)c1cc(C(C)C)c(-n2c(-c3[c-]cc(C(C)(C)C)c4c3sc3cc5c(ccc6ccccc65)cc34)nc3ccccc32)c(C(C)C)c1.[2H]C([2H])([2H])c1c[c-]c(-c2ccc([Si](C)(C)C)cn2)cc1.[Ir]. The van der Waals surface area contributed by atoms with Gasteiger partial charge in [0.15, 0.2) is 0 Å². The quantitative estimate of drug-likeness (QED) is 0.0905. The molecule has 343 valence electrons. The zero-order chi connectivity index (χ0) is 49.3. The van der Waals surface area contributed by atoms with Crippen LogP contribution < -0.4 is 5.19 Å². The number of aryl methyl sites for hydroxylation is 1. The van der Waals surface area contributed by atoms with Crippen LogP contribution in [0.25, 0.3) is 81.1 Å². The van der Waals surface area contributed by atoms with E-state index in [4.69, 9.17) is 9.10 Å². The van der Waals surface area contributed by atoms with Crippen molar-refractivity contribution < 1.29 is 24.2 Å². The first-order valence-corrected chi connectivity index (χ1v) is 27.8. The van der Waals surface area contributed by atoms with E-state index in [0.29, 0.717) is 23.3 Å². The summed E-state index contributed by atoms with van der Waals surface area (Å²) in [5, 5.41) is 9.12. The first-order chi connectivity index (χ1) is 32.6. The standard InChI is InChI=1S/C46H45N2S.C15H18NSi.Ir/c1-26(2)31-23-34(27(3)4)43(35(24-31)28(5)6)48-40-17-13-12-16-39(40)47-45(48)33-20-21-38(46(7,8)9)42-37-22-30-19-18-29-14-10-11-15-32(29)36(30)25-41(37)49-44(33)42;1-12-5-7-13(8-6-12)15-10-9-14(11-16-15)17(2,3)4;/h10-19,21-28H,1-9H3;5-7,9-11H,1-4H3;/q2*-1;/i;1D3;. The van der Waals surface area contributed by atoms with Gasteiger partial charge in [0.1, 0.15) is 0 Å². The van der Waals surface area contributed by atoms with Crippen molar-refractivity contribution in [2.45, 2.75) is 112 Å². The van der Waals surface area contributed by atoms with E-state index in [9.17, 15) is 0 Å². The Hall–Kier alpha value is -5.23. The Balaban J connectivity index is 0.000000264. The summed E-state index contributed by atoms with van der Waals surface area (Å²) in [6.07, 6.45) is 1.92. The molecule has 6 heteroatoms. The minimum atomic E-state index is -2.08. The number of imidazole rings is 1. The molecule has 3 nitrogen and oxygen atoms in total. The van der Waals surface area contributed by atoms with Crippen molar-refractivity contribution in [2.75, 3.05) is 0 Å². The summed E-state index contributed by atoms with van der Waals surface area (Å²) >= 11 is 1.89. The van der Waals surface area contributed by atoms with Crippen LogP contribution in [-0.2, 0) is 25.5 Å². The minimum Gasteiger partial charge on any atom is -0.333 e. The average Bonchev–Trinajstić information content (AvgIpc) is 3.88. The number of nitrogens with zero attached hydrogens (tertiary/aromatic N) is 3. The number of aromatic nitrogens is 3. The van der Waals surface area contributed by atoms with Crippen LogP contribution in [0.5, 0.6) is 0 Å². The van der Waals surface area contributed by atoms with Crippen LogP contribution in [0.3, 0.4) is 0 Å². The van der Waals surface area contributed by atoms with Gasteiger partial charge in [-0.2, -0.15) is 11.3 Å². The fraction of sp³-hybridized carbons (Fsp3) is 0.279. The average molecular weight is 1090 g/mol. The maximum absolute atomic E-state index is 7.35. The number of pyridine rings is 1. The van der Waals surface area contributed by atoms with Crippen LogP contribution in [0.1, 0.15) is 112 Å². The molecule has 0 fully saturated rings. The molecular formula is C61H63IrN3SSi-2. The van der Waals surface area contributed by atoms with E-state index in [-0.39, 0.29) is 25.5 Å². The number of fused-ring (bicyclic) bond motifs is 7. The Kier molecular flexibility index (Phi) is 12.4. The third kappa shape index (κ3) is 9.23. The Morgan fingerprint density at radius 3 is 2.03 bits per heavy atom. The van der Waals surface area contributed by atoms with Crippen LogP contribution in [0.15, 0.2) is 128 Å². The van der Waals surface area contributed by atoms with E-state index >= 15 is 0 Å². The molecule has 0 N–H and O–H groups in total.